The highest BCUT2D eigenvalue weighted by atomic mass is 16.5. The monoisotopic (exact) mass is 648 g/mol. The molecule has 0 spiro atoms. The van der Waals surface area contributed by atoms with Gasteiger partial charge < -0.3 is 23.7 Å². The second-order valence-electron chi connectivity index (χ2n) is 11.7. The molecule has 0 saturated heterocycles. The van der Waals surface area contributed by atoms with Crippen molar-refractivity contribution in [3.8, 4) is 17.2 Å². The van der Waals surface area contributed by atoms with Gasteiger partial charge in [-0.1, -0.05) is 38.1 Å². The Morgan fingerprint density at radius 3 is 1.43 bits per heavy atom. The molecule has 9 nitrogen and oxygen atoms in total. The molecule has 0 heterocycles. The third-order valence-corrected chi connectivity index (χ3v) is 8.07. The first-order valence-corrected chi connectivity index (χ1v) is 16.7. The topological polar surface area (TPSA) is 114 Å². The third-order valence-electron chi connectivity index (χ3n) is 8.07. The van der Waals surface area contributed by atoms with Gasteiger partial charge in [-0.2, -0.15) is 0 Å². The molecule has 0 radical (unpaired) electrons. The van der Waals surface area contributed by atoms with E-state index in [1.54, 1.807) is 24.3 Å². The lowest BCUT2D eigenvalue weighted by atomic mass is 9.82. The van der Waals surface area contributed by atoms with Crippen LogP contribution in [-0.2, 0) is 35.1 Å². The zero-order valence-electron chi connectivity index (χ0n) is 27.3. The predicted molar refractivity (Wildman–Crippen MR) is 178 cm³/mol. The van der Waals surface area contributed by atoms with Crippen LogP contribution in [0.25, 0.3) is 0 Å². The van der Waals surface area contributed by atoms with Gasteiger partial charge in [-0.25, -0.2) is 9.59 Å². The minimum absolute atomic E-state index is 0.240. The molecule has 0 atom stereocenters. The summed E-state index contributed by atoms with van der Waals surface area (Å²) in [6.45, 7) is 8.14. The zero-order valence-corrected chi connectivity index (χ0v) is 27.3. The Morgan fingerprint density at radius 2 is 0.957 bits per heavy atom. The number of hydrogen-bond acceptors (Lipinski definition) is 9. The quantitative estimate of drug-likeness (QED) is 0.0587. The summed E-state index contributed by atoms with van der Waals surface area (Å²) in [6.07, 6.45) is 13.1. The molecule has 0 bridgehead atoms. The molecule has 0 aromatic heterocycles. The molecule has 9 heteroatoms. The lowest BCUT2D eigenvalue weighted by Crippen LogP contribution is -2.30. The van der Waals surface area contributed by atoms with Crippen LogP contribution in [0.4, 0.5) is 0 Å². The van der Waals surface area contributed by atoms with Crippen molar-refractivity contribution in [2.24, 2.45) is 11.8 Å². The Morgan fingerprint density at radius 1 is 0.553 bits per heavy atom. The number of ether oxygens (including phenoxy) is 5. The molecule has 1 fully saturated rings. The van der Waals surface area contributed by atoms with Gasteiger partial charge in [0.2, 0.25) is 0 Å². The highest BCUT2D eigenvalue weighted by molar-refractivity contribution is 5.81. The van der Waals surface area contributed by atoms with Gasteiger partial charge in [-0.05, 0) is 113 Å². The molecule has 2 aromatic carbocycles. The molecular weight excluding hydrogens is 600 g/mol. The molecule has 0 aliphatic heterocycles. The number of esters is 4. The van der Waals surface area contributed by atoms with Crippen molar-refractivity contribution < 1.29 is 42.9 Å². The summed E-state index contributed by atoms with van der Waals surface area (Å²) in [4.78, 5) is 47.6. The second-order valence-corrected chi connectivity index (χ2v) is 11.7. The van der Waals surface area contributed by atoms with E-state index in [4.69, 9.17) is 23.7 Å². The van der Waals surface area contributed by atoms with Crippen LogP contribution in [0.1, 0.15) is 82.6 Å². The summed E-state index contributed by atoms with van der Waals surface area (Å²) in [5.74, 6) is -0.110. The van der Waals surface area contributed by atoms with Crippen LogP contribution in [0.5, 0.6) is 17.2 Å². The van der Waals surface area contributed by atoms with E-state index in [-0.39, 0.29) is 29.7 Å². The van der Waals surface area contributed by atoms with Crippen molar-refractivity contribution in [2.45, 2.75) is 83.5 Å². The van der Waals surface area contributed by atoms with Crippen LogP contribution in [0.3, 0.4) is 0 Å². The summed E-state index contributed by atoms with van der Waals surface area (Å²) < 4.78 is 27.0. The van der Waals surface area contributed by atoms with E-state index < -0.39 is 5.97 Å². The summed E-state index contributed by atoms with van der Waals surface area (Å²) in [5.41, 5.74) is 1.18. The minimum atomic E-state index is -0.394. The fourth-order valence-corrected chi connectivity index (χ4v) is 5.29. The molecule has 3 rings (SSSR count). The number of carbonyl (C=O) groups excluding carboxylic acids is 4. The number of rotatable bonds is 21. The van der Waals surface area contributed by atoms with Gasteiger partial charge in [0, 0.05) is 12.2 Å². The average molecular weight is 649 g/mol. The van der Waals surface area contributed by atoms with Gasteiger partial charge in [-0.3, -0.25) is 9.59 Å². The summed E-state index contributed by atoms with van der Waals surface area (Å²) in [5, 5.41) is 0. The van der Waals surface area contributed by atoms with Gasteiger partial charge >= 0.3 is 23.9 Å². The van der Waals surface area contributed by atoms with E-state index in [0.29, 0.717) is 62.8 Å². The van der Waals surface area contributed by atoms with Crippen molar-refractivity contribution >= 4 is 23.9 Å². The highest BCUT2D eigenvalue weighted by Gasteiger charge is 2.32. The Bertz CT molecular complexity index is 1280. The molecule has 0 N–H and O–H groups in total. The fraction of sp³-hybridized carbons (Fsp3) is 0.474. The summed E-state index contributed by atoms with van der Waals surface area (Å²) in [7, 11) is 0. The molecule has 1 aliphatic rings. The second kappa shape index (κ2) is 21.4. The highest BCUT2D eigenvalue weighted by Crippen LogP contribution is 2.32. The largest absolute Gasteiger partial charge is 0.494 e. The van der Waals surface area contributed by atoms with Crippen LogP contribution in [0, 0.1) is 11.8 Å². The molecule has 47 heavy (non-hydrogen) atoms. The van der Waals surface area contributed by atoms with E-state index in [2.05, 4.69) is 13.2 Å². The first-order chi connectivity index (χ1) is 22.9. The maximum Gasteiger partial charge on any atom is 0.330 e. The predicted octanol–water partition coefficient (Wildman–Crippen LogP) is 7.50. The molecule has 0 unspecified atom stereocenters. The number of carbonyl (C=O) groups is 4. The molecule has 0 amide bonds. The van der Waals surface area contributed by atoms with Gasteiger partial charge in [-0.15, -0.1) is 0 Å². The normalized spacial score (nSPS) is 15.6. The van der Waals surface area contributed by atoms with E-state index >= 15 is 0 Å². The maximum atomic E-state index is 12.8. The zero-order chi connectivity index (χ0) is 33.7. The van der Waals surface area contributed by atoms with Crippen molar-refractivity contribution in [3.63, 3.8) is 0 Å². The first kappa shape index (κ1) is 37.1. The van der Waals surface area contributed by atoms with Crippen LogP contribution in [0.15, 0.2) is 73.8 Å². The standard InChI is InChI=1S/C38H48O9/c1-3-35(39)44-27-11-6-5-9-13-29-14-20-33(21-15-29)46-37(41)30-16-18-31(19-17-30)38(42)47-34-24-22-32(23-25-34)43-26-10-7-8-12-28-45-36(40)4-2/h3-4,14-15,20-25,30-31H,1-2,5-13,16-19,26-28H2. The molecule has 1 saturated carbocycles. The number of aryl methyl sites for hydroxylation is 1. The van der Waals surface area contributed by atoms with Crippen molar-refractivity contribution in [1.82, 2.24) is 0 Å². The smallest absolute Gasteiger partial charge is 0.330 e. The van der Waals surface area contributed by atoms with E-state index in [0.717, 1.165) is 63.9 Å². The lowest BCUT2D eigenvalue weighted by molar-refractivity contribution is -0.145. The van der Waals surface area contributed by atoms with Crippen LogP contribution in [0.2, 0.25) is 0 Å². The Balaban J connectivity index is 1.26. The van der Waals surface area contributed by atoms with E-state index in [9.17, 15) is 19.2 Å². The Labute approximate surface area is 278 Å². The average Bonchev–Trinajstić information content (AvgIpc) is 3.10. The molecule has 2 aromatic rings. The Kier molecular flexibility index (Phi) is 16.9. The SMILES string of the molecule is C=CC(=O)OCCCCCCOc1ccc(OC(=O)C2CCC(C(=O)Oc3ccc(CCCCCCOC(=O)C=C)cc3)CC2)cc1. The summed E-state index contributed by atoms with van der Waals surface area (Å²) in [6, 6.07) is 14.6. The van der Waals surface area contributed by atoms with Gasteiger partial charge in [0.1, 0.15) is 17.2 Å². The third kappa shape index (κ3) is 14.7. The number of unbranched alkanes of at least 4 members (excludes halogenated alkanes) is 6. The van der Waals surface area contributed by atoms with Crippen molar-refractivity contribution in [3.05, 3.63) is 79.4 Å². The van der Waals surface area contributed by atoms with Crippen LogP contribution < -0.4 is 14.2 Å². The number of benzene rings is 2. The van der Waals surface area contributed by atoms with E-state index in [1.807, 2.05) is 24.3 Å². The molecule has 1 aliphatic carbocycles. The minimum Gasteiger partial charge on any atom is -0.494 e. The maximum absolute atomic E-state index is 12.8. The van der Waals surface area contributed by atoms with Gasteiger partial charge in [0.05, 0.1) is 31.7 Å². The van der Waals surface area contributed by atoms with Crippen LogP contribution >= 0.6 is 0 Å². The number of hydrogen-bond donors (Lipinski definition) is 0. The van der Waals surface area contributed by atoms with Crippen molar-refractivity contribution in [2.75, 3.05) is 19.8 Å². The Hall–Kier alpha value is -4.40. The summed E-state index contributed by atoms with van der Waals surface area (Å²) >= 11 is 0. The molecule has 254 valence electrons. The van der Waals surface area contributed by atoms with Gasteiger partial charge in [0.15, 0.2) is 0 Å². The van der Waals surface area contributed by atoms with Crippen LogP contribution in [-0.4, -0.2) is 43.7 Å². The molecular formula is C38H48O9. The van der Waals surface area contributed by atoms with Crippen molar-refractivity contribution in [1.29, 1.82) is 0 Å². The van der Waals surface area contributed by atoms with E-state index in [1.165, 1.54) is 11.6 Å². The lowest BCUT2D eigenvalue weighted by Gasteiger charge is -2.25. The fourth-order valence-electron chi connectivity index (χ4n) is 5.29. The van der Waals surface area contributed by atoms with Gasteiger partial charge in [0.25, 0.3) is 0 Å². The first-order valence-electron chi connectivity index (χ1n) is 16.7.